The Morgan fingerprint density at radius 2 is 1.72 bits per heavy atom. The molecule has 4 aromatic rings. The zero-order chi connectivity index (χ0) is 19.8. The van der Waals surface area contributed by atoms with E-state index in [0.29, 0.717) is 12.2 Å². The zero-order valence-electron chi connectivity index (χ0n) is 16.3. The molecular weight excluding hydrogens is 382 g/mol. The van der Waals surface area contributed by atoms with Gasteiger partial charge in [0.25, 0.3) is 5.78 Å². The summed E-state index contributed by atoms with van der Waals surface area (Å²) in [7, 11) is 0. The number of nitrogens with one attached hydrogen (secondary N) is 1. The molecule has 0 saturated heterocycles. The Morgan fingerprint density at radius 1 is 0.966 bits per heavy atom. The summed E-state index contributed by atoms with van der Waals surface area (Å²) in [4.78, 5) is 9.49. The van der Waals surface area contributed by atoms with E-state index in [0.717, 1.165) is 53.7 Å². The molecule has 1 aliphatic rings. The molecular formula is C23H22ClN5. The molecule has 0 bridgehead atoms. The third-order valence-corrected chi connectivity index (χ3v) is 5.66. The molecule has 2 heterocycles. The zero-order valence-corrected chi connectivity index (χ0v) is 17.1. The van der Waals surface area contributed by atoms with Crippen LogP contribution in [-0.4, -0.2) is 19.6 Å². The topological polar surface area (TPSA) is 55.1 Å². The van der Waals surface area contributed by atoms with Crippen molar-refractivity contribution in [3.63, 3.8) is 0 Å². The van der Waals surface area contributed by atoms with E-state index in [1.165, 1.54) is 16.7 Å². The summed E-state index contributed by atoms with van der Waals surface area (Å²) in [6, 6.07) is 16.4. The van der Waals surface area contributed by atoms with E-state index in [-0.39, 0.29) is 0 Å². The average molecular weight is 404 g/mol. The largest absolute Gasteiger partial charge is 0.366 e. The van der Waals surface area contributed by atoms with Crippen LogP contribution in [0.3, 0.4) is 0 Å². The van der Waals surface area contributed by atoms with Crippen LogP contribution in [0.4, 0.5) is 5.82 Å². The van der Waals surface area contributed by atoms with E-state index < -0.39 is 0 Å². The summed E-state index contributed by atoms with van der Waals surface area (Å²) in [5, 5.41) is 9.13. The van der Waals surface area contributed by atoms with Crippen LogP contribution >= 0.6 is 11.6 Å². The van der Waals surface area contributed by atoms with Gasteiger partial charge in [-0.2, -0.15) is 9.50 Å². The van der Waals surface area contributed by atoms with Gasteiger partial charge in [-0.25, -0.2) is 4.98 Å². The van der Waals surface area contributed by atoms with E-state index in [2.05, 4.69) is 36.5 Å². The molecule has 0 unspecified atom stereocenters. The standard InChI is InChI=1S/C23H22ClN5/c1-15-5-7-17(8-6-15)14-25-22-19-3-2-4-20(19)26-23-27-21(28-29(22)23)13-16-9-11-18(24)12-10-16/h5-12,25H,2-4,13-14H2,1H3. The number of halogens is 1. The van der Waals surface area contributed by atoms with Gasteiger partial charge in [0.05, 0.1) is 5.69 Å². The van der Waals surface area contributed by atoms with E-state index in [1.54, 1.807) is 0 Å². The van der Waals surface area contributed by atoms with Crippen LogP contribution in [0, 0.1) is 6.92 Å². The molecule has 146 valence electrons. The average Bonchev–Trinajstić information content (AvgIpc) is 3.34. The van der Waals surface area contributed by atoms with Gasteiger partial charge in [0.2, 0.25) is 0 Å². The summed E-state index contributed by atoms with van der Waals surface area (Å²) >= 11 is 6.00. The molecule has 2 aromatic heterocycles. The maximum absolute atomic E-state index is 6.00. The Hall–Kier alpha value is -2.92. The summed E-state index contributed by atoms with van der Waals surface area (Å²) < 4.78 is 1.88. The maximum Gasteiger partial charge on any atom is 0.254 e. The van der Waals surface area contributed by atoms with Crippen molar-refractivity contribution in [1.29, 1.82) is 0 Å². The number of aromatic nitrogens is 4. The number of hydrogen-bond donors (Lipinski definition) is 1. The first-order chi connectivity index (χ1) is 14.2. The minimum Gasteiger partial charge on any atom is -0.366 e. The minimum atomic E-state index is 0.655. The van der Waals surface area contributed by atoms with Gasteiger partial charge in [-0.1, -0.05) is 53.6 Å². The Bertz CT molecular complexity index is 1160. The second kappa shape index (κ2) is 7.48. The van der Waals surface area contributed by atoms with Crippen LogP contribution in [0.5, 0.6) is 0 Å². The number of benzene rings is 2. The highest BCUT2D eigenvalue weighted by molar-refractivity contribution is 6.30. The van der Waals surface area contributed by atoms with E-state index in [4.69, 9.17) is 26.7 Å². The molecule has 1 aliphatic carbocycles. The number of rotatable bonds is 5. The smallest absolute Gasteiger partial charge is 0.254 e. The number of hydrogen-bond acceptors (Lipinski definition) is 4. The molecule has 0 radical (unpaired) electrons. The van der Waals surface area contributed by atoms with Crippen molar-refractivity contribution >= 4 is 23.2 Å². The van der Waals surface area contributed by atoms with Crippen molar-refractivity contribution in [1.82, 2.24) is 19.6 Å². The fourth-order valence-electron chi connectivity index (χ4n) is 3.86. The molecule has 5 nitrogen and oxygen atoms in total. The highest BCUT2D eigenvalue weighted by Crippen LogP contribution is 2.28. The van der Waals surface area contributed by atoms with Gasteiger partial charge in [0.1, 0.15) is 5.82 Å². The fourth-order valence-corrected chi connectivity index (χ4v) is 3.98. The highest BCUT2D eigenvalue weighted by Gasteiger charge is 2.22. The lowest BCUT2D eigenvalue weighted by Gasteiger charge is -2.12. The first-order valence-corrected chi connectivity index (χ1v) is 10.3. The van der Waals surface area contributed by atoms with Gasteiger partial charge < -0.3 is 5.32 Å². The third-order valence-electron chi connectivity index (χ3n) is 5.41. The fraction of sp³-hybridized carbons (Fsp3) is 0.261. The molecule has 0 atom stereocenters. The minimum absolute atomic E-state index is 0.655. The summed E-state index contributed by atoms with van der Waals surface area (Å²) in [5.74, 6) is 2.46. The number of nitrogens with zero attached hydrogens (tertiary/aromatic N) is 4. The van der Waals surface area contributed by atoms with Crippen LogP contribution < -0.4 is 5.32 Å². The number of anilines is 1. The van der Waals surface area contributed by atoms with Crippen molar-refractivity contribution < 1.29 is 0 Å². The summed E-state index contributed by atoms with van der Waals surface area (Å²) in [5.41, 5.74) is 6.06. The van der Waals surface area contributed by atoms with Crippen molar-refractivity contribution in [3.8, 4) is 0 Å². The summed E-state index contributed by atoms with van der Waals surface area (Å²) in [6.45, 7) is 2.85. The molecule has 2 aromatic carbocycles. The van der Waals surface area contributed by atoms with Crippen LogP contribution in [0.2, 0.25) is 5.02 Å². The molecule has 0 aliphatic heterocycles. The SMILES string of the molecule is Cc1ccc(CNc2c3c(nc4nc(Cc5ccc(Cl)cc5)nn24)CCC3)cc1. The normalized spacial score (nSPS) is 13.0. The molecule has 5 rings (SSSR count). The Kier molecular flexibility index (Phi) is 4.68. The molecule has 6 heteroatoms. The van der Waals surface area contributed by atoms with Gasteiger partial charge in [-0.05, 0) is 49.4 Å². The monoisotopic (exact) mass is 403 g/mol. The van der Waals surface area contributed by atoms with E-state index in [9.17, 15) is 0 Å². The lowest BCUT2D eigenvalue weighted by atomic mass is 10.1. The van der Waals surface area contributed by atoms with Gasteiger partial charge in [-0.3, -0.25) is 0 Å². The molecule has 0 fully saturated rings. The quantitative estimate of drug-likeness (QED) is 0.521. The molecule has 1 N–H and O–H groups in total. The van der Waals surface area contributed by atoms with E-state index >= 15 is 0 Å². The highest BCUT2D eigenvalue weighted by atomic mass is 35.5. The number of aryl methyl sites for hydroxylation is 2. The second-order valence-electron chi connectivity index (χ2n) is 7.62. The molecule has 0 spiro atoms. The van der Waals surface area contributed by atoms with Crippen LogP contribution in [0.15, 0.2) is 48.5 Å². The lowest BCUT2D eigenvalue weighted by Crippen LogP contribution is -2.10. The second-order valence-corrected chi connectivity index (χ2v) is 8.06. The van der Waals surface area contributed by atoms with Gasteiger partial charge in [0.15, 0.2) is 5.82 Å². The molecule has 29 heavy (non-hydrogen) atoms. The predicted octanol–water partition coefficient (Wildman–Crippen LogP) is 4.78. The first kappa shape index (κ1) is 18.1. The Balaban J connectivity index is 1.48. The Morgan fingerprint density at radius 3 is 2.52 bits per heavy atom. The van der Waals surface area contributed by atoms with E-state index in [1.807, 2.05) is 28.8 Å². The van der Waals surface area contributed by atoms with Crippen LogP contribution in [0.1, 0.15) is 40.2 Å². The number of fused-ring (bicyclic) bond motifs is 2. The van der Waals surface area contributed by atoms with Gasteiger partial charge in [-0.15, -0.1) is 5.10 Å². The van der Waals surface area contributed by atoms with Gasteiger partial charge in [0, 0.05) is 23.6 Å². The van der Waals surface area contributed by atoms with Crippen molar-refractivity contribution in [2.75, 3.05) is 5.32 Å². The Labute approximate surface area is 174 Å². The van der Waals surface area contributed by atoms with Crippen molar-refractivity contribution in [2.45, 2.75) is 39.2 Å². The summed E-state index contributed by atoms with van der Waals surface area (Å²) in [6.07, 6.45) is 3.82. The van der Waals surface area contributed by atoms with Crippen molar-refractivity contribution in [3.05, 3.63) is 87.3 Å². The van der Waals surface area contributed by atoms with Crippen LogP contribution in [-0.2, 0) is 25.8 Å². The van der Waals surface area contributed by atoms with Gasteiger partial charge >= 0.3 is 0 Å². The van der Waals surface area contributed by atoms with Crippen LogP contribution in [0.25, 0.3) is 5.78 Å². The molecule has 0 saturated carbocycles. The molecule has 0 amide bonds. The van der Waals surface area contributed by atoms with Crippen molar-refractivity contribution in [2.24, 2.45) is 0 Å². The lowest BCUT2D eigenvalue weighted by molar-refractivity contribution is 0.871. The first-order valence-electron chi connectivity index (χ1n) is 9.97. The third kappa shape index (κ3) is 3.70. The predicted molar refractivity (Wildman–Crippen MR) is 116 cm³/mol. The maximum atomic E-state index is 6.00.